The molecule has 150 valence electrons. The Morgan fingerprint density at radius 2 is 1.72 bits per heavy atom. The molecular weight excluding hydrogens is 371 g/mol. The van der Waals surface area contributed by atoms with E-state index in [4.69, 9.17) is 0 Å². The summed E-state index contributed by atoms with van der Waals surface area (Å²) in [5.74, 6) is -0.579. The molecular formula is C22H23FN4O2. The van der Waals surface area contributed by atoms with Crippen molar-refractivity contribution in [2.75, 3.05) is 13.1 Å². The Bertz CT molecular complexity index is 1020. The minimum atomic E-state index is -0.368. The van der Waals surface area contributed by atoms with Gasteiger partial charge in [-0.15, -0.1) is 0 Å². The number of carbonyl (C=O) groups excluding carboxylic acids is 2. The van der Waals surface area contributed by atoms with Gasteiger partial charge in [-0.1, -0.05) is 31.0 Å². The summed E-state index contributed by atoms with van der Waals surface area (Å²) >= 11 is 0. The van der Waals surface area contributed by atoms with E-state index in [1.165, 1.54) is 12.1 Å². The van der Waals surface area contributed by atoms with Gasteiger partial charge in [0.25, 0.3) is 11.8 Å². The molecule has 29 heavy (non-hydrogen) atoms. The first-order valence-electron chi connectivity index (χ1n) is 9.92. The number of hydrogen-bond acceptors (Lipinski definition) is 3. The van der Waals surface area contributed by atoms with Crippen molar-refractivity contribution in [1.82, 2.24) is 19.6 Å². The molecule has 4 rings (SSSR count). The van der Waals surface area contributed by atoms with E-state index in [-0.39, 0.29) is 35.7 Å². The lowest BCUT2D eigenvalue weighted by Gasteiger charge is -2.19. The topological polar surface area (TPSA) is 66.7 Å². The van der Waals surface area contributed by atoms with Gasteiger partial charge in [0, 0.05) is 25.8 Å². The number of rotatable bonds is 4. The molecule has 0 radical (unpaired) electrons. The SMILES string of the molecule is O=C(NCc1ccc(F)cc1)c1nc(C(=O)N2CCCCCC2)n2ccccc12. The van der Waals surface area contributed by atoms with Crippen molar-refractivity contribution in [1.29, 1.82) is 0 Å². The number of imidazole rings is 1. The molecule has 0 saturated carbocycles. The molecule has 3 aromatic rings. The molecule has 3 heterocycles. The third-order valence-electron chi connectivity index (χ3n) is 5.21. The summed E-state index contributed by atoms with van der Waals surface area (Å²) in [5, 5.41) is 2.81. The Balaban J connectivity index is 1.58. The van der Waals surface area contributed by atoms with Crippen LogP contribution in [0.3, 0.4) is 0 Å². The molecule has 1 aromatic carbocycles. The highest BCUT2D eigenvalue weighted by molar-refractivity contribution is 6.02. The molecule has 1 aliphatic rings. The van der Waals surface area contributed by atoms with E-state index < -0.39 is 0 Å². The summed E-state index contributed by atoms with van der Waals surface area (Å²) < 4.78 is 14.7. The zero-order valence-corrected chi connectivity index (χ0v) is 16.1. The van der Waals surface area contributed by atoms with Crippen LogP contribution in [0.4, 0.5) is 4.39 Å². The summed E-state index contributed by atoms with van der Waals surface area (Å²) in [6, 6.07) is 11.3. The number of likely N-dealkylation sites (tertiary alicyclic amines) is 1. The lowest BCUT2D eigenvalue weighted by Crippen LogP contribution is -2.33. The first kappa shape index (κ1) is 19.1. The quantitative estimate of drug-likeness (QED) is 0.737. The second-order valence-corrected chi connectivity index (χ2v) is 7.26. The number of nitrogens with one attached hydrogen (secondary N) is 1. The number of carbonyl (C=O) groups is 2. The molecule has 0 spiro atoms. The highest BCUT2D eigenvalue weighted by atomic mass is 19.1. The lowest BCUT2D eigenvalue weighted by atomic mass is 10.2. The Labute approximate surface area is 168 Å². The van der Waals surface area contributed by atoms with Crippen LogP contribution in [0.1, 0.15) is 52.4 Å². The van der Waals surface area contributed by atoms with Crippen LogP contribution in [0.15, 0.2) is 48.7 Å². The number of amides is 2. The van der Waals surface area contributed by atoms with Crippen molar-refractivity contribution in [3.05, 3.63) is 71.6 Å². The third-order valence-corrected chi connectivity index (χ3v) is 5.21. The highest BCUT2D eigenvalue weighted by Crippen LogP contribution is 2.17. The standard InChI is InChI=1S/C22H23FN4O2/c23-17-10-8-16(9-11-17)15-24-21(28)19-18-7-3-6-14-27(18)20(25-19)22(29)26-12-4-1-2-5-13-26/h3,6-11,14H,1-2,4-5,12-13,15H2,(H,24,28). The number of hydrogen-bond donors (Lipinski definition) is 1. The lowest BCUT2D eigenvalue weighted by molar-refractivity contribution is 0.0748. The zero-order chi connectivity index (χ0) is 20.2. The van der Waals surface area contributed by atoms with Crippen molar-refractivity contribution >= 4 is 17.3 Å². The largest absolute Gasteiger partial charge is 0.347 e. The van der Waals surface area contributed by atoms with Crippen LogP contribution in [0.25, 0.3) is 5.52 Å². The smallest absolute Gasteiger partial charge is 0.290 e. The average molecular weight is 394 g/mol. The van der Waals surface area contributed by atoms with E-state index in [9.17, 15) is 14.0 Å². The first-order valence-corrected chi connectivity index (χ1v) is 9.92. The summed E-state index contributed by atoms with van der Waals surface area (Å²) in [5.41, 5.74) is 1.58. The maximum Gasteiger partial charge on any atom is 0.290 e. The number of halogens is 1. The molecule has 0 unspecified atom stereocenters. The molecule has 1 saturated heterocycles. The average Bonchev–Trinajstić information content (AvgIpc) is 2.92. The number of nitrogens with zero attached hydrogens (tertiary/aromatic N) is 3. The van der Waals surface area contributed by atoms with E-state index in [0.29, 0.717) is 18.6 Å². The predicted molar refractivity (Wildman–Crippen MR) is 107 cm³/mol. The fourth-order valence-corrected chi connectivity index (χ4v) is 3.64. The van der Waals surface area contributed by atoms with Gasteiger partial charge in [-0.3, -0.25) is 14.0 Å². The van der Waals surface area contributed by atoms with Crippen LogP contribution in [-0.2, 0) is 6.54 Å². The summed E-state index contributed by atoms with van der Waals surface area (Å²) in [4.78, 5) is 32.1. The Morgan fingerprint density at radius 3 is 2.45 bits per heavy atom. The molecule has 1 N–H and O–H groups in total. The van der Waals surface area contributed by atoms with Crippen LogP contribution in [0, 0.1) is 5.82 Å². The molecule has 7 heteroatoms. The van der Waals surface area contributed by atoms with Crippen molar-refractivity contribution in [2.45, 2.75) is 32.2 Å². The second-order valence-electron chi connectivity index (χ2n) is 7.26. The number of aromatic nitrogens is 2. The van der Waals surface area contributed by atoms with Gasteiger partial charge < -0.3 is 10.2 Å². The minimum Gasteiger partial charge on any atom is -0.347 e. The number of fused-ring (bicyclic) bond motifs is 1. The van der Waals surface area contributed by atoms with Gasteiger partial charge in [-0.25, -0.2) is 9.37 Å². The van der Waals surface area contributed by atoms with Gasteiger partial charge in [-0.2, -0.15) is 0 Å². The summed E-state index contributed by atoms with van der Waals surface area (Å²) in [7, 11) is 0. The maximum atomic E-state index is 13.1. The van der Waals surface area contributed by atoms with Crippen molar-refractivity contribution in [3.8, 4) is 0 Å². The maximum absolute atomic E-state index is 13.1. The zero-order valence-electron chi connectivity index (χ0n) is 16.1. The molecule has 2 aromatic heterocycles. The Kier molecular flexibility index (Phi) is 5.55. The predicted octanol–water partition coefficient (Wildman–Crippen LogP) is 3.42. The van der Waals surface area contributed by atoms with Crippen LogP contribution < -0.4 is 5.32 Å². The van der Waals surface area contributed by atoms with Gasteiger partial charge in [0.15, 0.2) is 5.69 Å². The first-order chi connectivity index (χ1) is 14.1. The van der Waals surface area contributed by atoms with E-state index >= 15 is 0 Å². The number of pyridine rings is 1. The van der Waals surface area contributed by atoms with Gasteiger partial charge in [0.05, 0.1) is 5.52 Å². The van der Waals surface area contributed by atoms with Gasteiger partial charge in [0.1, 0.15) is 5.82 Å². The van der Waals surface area contributed by atoms with E-state index in [2.05, 4.69) is 10.3 Å². The second kappa shape index (κ2) is 8.43. The molecule has 0 aliphatic carbocycles. The molecule has 6 nitrogen and oxygen atoms in total. The molecule has 0 atom stereocenters. The van der Waals surface area contributed by atoms with Crippen molar-refractivity contribution in [2.24, 2.45) is 0 Å². The number of benzene rings is 1. The fraction of sp³-hybridized carbons (Fsp3) is 0.318. The van der Waals surface area contributed by atoms with Crippen molar-refractivity contribution < 1.29 is 14.0 Å². The van der Waals surface area contributed by atoms with Gasteiger partial charge in [-0.05, 0) is 42.7 Å². The third kappa shape index (κ3) is 4.13. The Hall–Kier alpha value is -3.22. The van der Waals surface area contributed by atoms with E-state index in [1.807, 2.05) is 17.0 Å². The summed E-state index contributed by atoms with van der Waals surface area (Å²) in [6.07, 6.45) is 5.98. The normalized spacial score (nSPS) is 14.6. The highest BCUT2D eigenvalue weighted by Gasteiger charge is 2.25. The Morgan fingerprint density at radius 1 is 1.00 bits per heavy atom. The van der Waals surface area contributed by atoms with E-state index in [0.717, 1.165) is 31.2 Å². The van der Waals surface area contributed by atoms with E-state index in [1.54, 1.807) is 28.8 Å². The van der Waals surface area contributed by atoms with Crippen LogP contribution >= 0.6 is 0 Å². The van der Waals surface area contributed by atoms with Crippen LogP contribution in [0.2, 0.25) is 0 Å². The van der Waals surface area contributed by atoms with Gasteiger partial charge >= 0.3 is 0 Å². The summed E-state index contributed by atoms with van der Waals surface area (Å²) in [6.45, 7) is 1.68. The fourth-order valence-electron chi connectivity index (χ4n) is 3.64. The van der Waals surface area contributed by atoms with Crippen LogP contribution in [0.5, 0.6) is 0 Å². The minimum absolute atomic E-state index is 0.148. The van der Waals surface area contributed by atoms with Gasteiger partial charge in [0.2, 0.25) is 5.82 Å². The molecule has 1 aliphatic heterocycles. The molecule has 1 fully saturated rings. The van der Waals surface area contributed by atoms with Crippen LogP contribution in [-0.4, -0.2) is 39.2 Å². The van der Waals surface area contributed by atoms with Crippen molar-refractivity contribution in [3.63, 3.8) is 0 Å². The molecule has 2 amide bonds. The molecule has 0 bridgehead atoms. The monoisotopic (exact) mass is 394 g/mol.